The molecule has 18 heavy (non-hydrogen) atoms. The molecule has 1 unspecified atom stereocenters. The van der Waals surface area contributed by atoms with Crippen LogP contribution in [0.4, 0.5) is 0 Å². The van der Waals surface area contributed by atoms with E-state index in [2.05, 4.69) is 5.32 Å². The fourth-order valence-corrected chi connectivity index (χ4v) is 1.65. The third-order valence-corrected chi connectivity index (χ3v) is 2.70. The van der Waals surface area contributed by atoms with Gasteiger partial charge in [0.25, 0.3) is 0 Å². The lowest BCUT2D eigenvalue weighted by Crippen LogP contribution is -2.33. The Morgan fingerprint density at radius 1 is 1.39 bits per heavy atom. The van der Waals surface area contributed by atoms with Crippen LogP contribution in [0.25, 0.3) is 0 Å². The molecule has 0 aliphatic heterocycles. The monoisotopic (exact) mass is 250 g/mol. The minimum Gasteiger partial charge on any atom is -0.383 e. The van der Waals surface area contributed by atoms with Crippen molar-refractivity contribution in [3.63, 3.8) is 0 Å². The average Bonchev–Trinajstić information content (AvgIpc) is 2.32. The Morgan fingerprint density at radius 2 is 2.06 bits per heavy atom. The standard InChI is InChI=1S/C14H22N2O2/c1-11-3-5-12(6-4-11)9-14(17)16-8-7-13(15)10-18-2/h3-6,13H,7-10,15H2,1-2H3,(H,16,17). The van der Waals surface area contributed by atoms with Gasteiger partial charge in [-0.2, -0.15) is 0 Å². The minimum absolute atomic E-state index is 0.0188. The first-order valence-corrected chi connectivity index (χ1v) is 6.18. The molecule has 3 N–H and O–H groups in total. The SMILES string of the molecule is COCC(N)CCNC(=O)Cc1ccc(C)cc1. The number of aryl methyl sites for hydroxylation is 1. The van der Waals surface area contributed by atoms with Crippen molar-refractivity contribution >= 4 is 5.91 Å². The molecule has 1 amide bonds. The maximum absolute atomic E-state index is 11.7. The number of nitrogens with two attached hydrogens (primary N) is 1. The van der Waals surface area contributed by atoms with Crippen LogP contribution in [0.5, 0.6) is 0 Å². The van der Waals surface area contributed by atoms with Gasteiger partial charge in [0.15, 0.2) is 0 Å². The number of hydrogen-bond donors (Lipinski definition) is 2. The van der Waals surface area contributed by atoms with Crippen molar-refractivity contribution in [2.24, 2.45) is 5.73 Å². The van der Waals surface area contributed by atoms with Gasteiger partial charge in [0.05, 0.1) is 13.0 Å². The number of nitrogens with one attached hydrogen (secondary N) is 1. The molecular formula is C14H22N2O2. The molecule has 1 rings (SSSR count). The van der Waals surface area contributed by atoms with Crippen LogP contribution in [-0.2, 0) is 16.0 Å². The summed E-state index contributed by atoms with van der Waals surface area (Å²) in [7, 11) is 1.62. The maximum atomic E-state index is 11.7. The molecule has 0 saturated heterocycles. The zero-order valence-corrected chi connectivity index (χ0v) is 11.1. The van der Waals surface area contributed by atoms with Gasteiger partial charge in [-0.25, -0.2) is 0 Å². The van der Waals surface area contributed by atoms with Crippen LogP contribution in [0.3, 0.4) is 0 Å². The summed E-state index contributed by atoms with van der Waals surface area (Å²) in [6.07, 6.45) is 1.15. The van der Waals surface area contributed by atoms with E-state index >= 15 is 0 Å². The Labute approximate surface area is 109 Å². The summed E-state index contributed by atoms with van der Waals surface area (Å²) >= 11 is 0. The summed E-state index contributed by atoms with van der Waals surface area (Å²) in [5.74, 6) is 0.0310. The Hall–Kier alpha value is -1.39. The van der Waals surface area contributed by atoms with E-state index in [4.69, 9.17) is 10.5 Å². The lowest BCUT2D eigenvalue weighted by Gasteiger charge is -2.11. The average molecular weight is 250 g/mol. The van der Waals surface area contributed by atoms with Crippen LogP contribution >= 0.6 is 0 Å². The van der Waals surface area contributed by atoms with Crippen LogP contribution in [0.2, 0.25) is 0 Å². The highest BCUT2D eigenvalue weighted by atomic mass is 16.5. The Kier molecular flexibility index (Phi) is 6.39. The topological polar surface area (TPSA) is 64.3 Å². The van der Waals surface area contributed by atoms with E-state index in [0.29, 0.717) is 19.6 Å². The fraction of sp³-hybridized carbons (Fsp3) is 0.500. The maximum Gasteiger partial charge on any atom is 0.224 e. The second-order valence-corrected chi connectivity index (χ2v) is 4.52. The molecule has 0 aromatic heterocycles. The van der Waals surface area contributed by atoms with E-state index in [0.717, 1.165) is 12.0 Å². The minimum atomic E-state index is -0.0188. The van der Waals surface area contributed by atoms with Crippen LogP contribution in [-0.4, -0.2) is 32.2 Å². The molecule has 0 fully saturated rings. The Balaban J connectivity index is 2.23. The van der Waals surface area contributed by atoms with Crippen molar-refractivity contribution in [3.8, 4) is 0 Å². The zero-order chi connectivity index (χ0) is 13.4. The van der Waals surface area contributed by atoms with E-state index in [1.54, 1.807) is 7.11 Å². The predicted octanol–water partition coefficient (Wildman–Crippen LogP) is 1.02. The van der Waals surface area contributed by atoms with Gasteiger partial charge in [0, 0.05) is 19.7 Å². The van der Waals surface area contributed by atoms with Gasteiger partial charge < -0.3 is 15.8 Å². The summed E-state index contributed by atoms with van der Waals surface area (Å²) in [6, 6.07) is 7.96. The molecule has 1 aromatic rings. The summed E-state index contributed by atoms with van der Waals surface area (Å²) in [5, 5.41) is 2.86. The molecule has 0 aliphatic rings. The number of carbonyl (C=O) groups excluding carboxylic acids is 1. The molecule has 0 saturated carbocycles. The number of ether oxygens (including phenoxy) is 1. The van der Waals surface area contributed by atoms with Crippen molar-refractivity contribution in [3.05, 3.63) is 35.4 Å². The summed E-state index contributed by atoms with van der Waals surface area (Å²) in [6.45, 7) is 3.14. The predicted molar refractivity (Wildman–Crippen MR) is 72.4 cm³/mol. The van der Waals surface area contributed by atoms with Gasteiger partial charge in [0.1, 0.15) is 0 Å². The smallest absolute Gasteiger partial charge is 0.224 e. The molecule has 0 bridgehead atoms. The lowest BCUT2D eigenvalue weighted by molar-refractivity contribution is -0.120. The Bertz CT molecular complexity index is 363. The first-order valence-electron chi connectivity index (χ1n) is 6.18. The molecule has 4 heteroatoms. The highest BCUT2D eigenvalue weighted by Gasteiger charge is 2.05. The number of benzene rings is 1. The molecule has 0 aliphatic carbocycles. The lowest BCUT2D eigenvalue weighted by atomic mass is 10.1. The number of hydrogen-bond acceptors (Lipinski definition) is 3. The highest BCUT2D eigenvalue weighted by molar-refractivity contribution is 5.78. The molecular weight excluding hydrogens is 228 g/mol. The van der Waals surface area contributed by atoms with Gasteiger partial charge >= 0.3 is 0 Å². The third kappa shape index (κ3) is 5.80. The largest absolute Gasteiger partial charge is 0.383 e. The van der Waals surface area contributed by atoms with Gasteiger partial charge in [-0.15, -0.1) is 0 Å². The number of methoxy groups -OCH3 is 1. The van der Waals surface area contributed by atoms with Crippen molar-refractivity contribution in [2.75, 3.05) is 20.3 Å². The third-order valence-electron chi connectivity index (χ3n) is 2.70. The first kappa shape index (κ1) is 14.7. The Morgan fingerprint density at radius 3 is 2.67 bits per heavy atom. The molecule has 100 valence electrons. The molecule has 1 atom stereocenters. The van der Waals surface area contributed by atoms with Crippen molar-refractivity contribution in [2.45, 2.75) is 25.8 Å². The van der Waals surface area contributed by atoms with E-state index < -0.39 is 0 Å². The van der Waals surface area contributed by atoms with E-state index in [9.17, 15) is 4.79 Å². The molecule has 0 radical (unpaired) electrons. The fourth-order valence-electron chi connectivity index (χ4n) is 1.65. The second-order valence-electron chi connectivity index (χ2n) is 4.52. The van der Waals surface area contributed by atoms with Crippen molar-refractivity contribution in [1.82, 2.24) is 5.32 Å². The number of rotatable bonds is 7. The van der Waals surface area contributed by atoms with E-state index in [-0.39, 0.29) is 11.9 Å². The van der Waals surface area contributed by atoms with Gasteiger partial charge in [-0.1, -0.05) is 29.8 Å². The molecule has 4 nitrogen and oxygen atoms in total. The second kappa shape index (κ2) is 7.84. The summed E-state index contributed by atoms with van der Waals surface area (Å²) in [5.41, 5.74) is 7.99. The first-order chi connectivity index (χ1) is 8.61. The van der Waals surface area contributed by atoms with Crippen molar-refractivity contribution < 1.29 is 9.53 Å². The molecule has 0 heterocycles. The normalized spacial score (nSPS) is 12.2. The van der Waals surface area contributed by atoms with E-state index in [1.165, 1.54) is 5.56 Å². The molecule has 1 aromatic carbocycles. The van der Waals surface area contributed by atoms with E-state index in [1.807, 2.05) is 31.2 Å². The highest BCUT2D eigenvalue weighted by Crippen LogP contribution is 2.03. The summed E-state index contributed by atoms with van der Waals surface area (Å²) in [4.78, 5) is 11.7. The van der Waals surface area contributed by atoms with Crippen LogP contribution in [0, 0.1) is 6.92 Å². The molecule has 0 spiro atoms. The zero-order valence-electron chi connectivity index (χ0n) is 11.1. The number of carbonyl (C=O) groups is 1. The van der Waals surface area contributed by atoms with Gasteiger partial charge in [0.2, 0.25) is 5.91 Å². The van der Waals surface area contributed by atoms with Gasteiger partial charge in [-0.05, 0) is 18.9 Å². The summed E-state index contributed by atoms with van der Waals surface area (Å²) < 4.78 is 4.93. The quantitative estimate of drug-likeness (QED) is 0.759. The van der Waals surface area contributed by atoms with Crippen LogP contribution in [0.1, 0.15) is 17.5 Å². The van der Waals surface area contributed by atoms with Crippen LogP contribution in [0.15, 0.2) is 24.3 Å². The van der Waals surface area contributed by atoms with Crippen molar-refractivity contribution in [1.29, 1.82) is 0 Å². The number of amides is 1. The van der Waals surface area contributed by atoms with Crippen LogP contribution < -0.4 is 11.1 Å². The van der Waals surface area contributed by atoms with Gasteiger partial charge in [-0.3, -0.25) is 4.79 Å².